The number of rotatable bonds is 6. The number of nitrogens with one attached hydrogen (secondary N) is 2. The lowest BCUT2D eigenvalue weighted by atomic mass is 9.90. The second kappa shape index (κ2) is 7.24. The number of hydrogen-bond acceptors (Lipinski definition) is 4. The first-order valence-electron chi connectivity index (χ1n) is 5.72. The number of hydroxylamine groups is 1. The molecule has 0 aliphatic carbocycles. The maximum atomic E-state index is 11.8. The van der Waals surface area contributed by atoms with Gasteiger partial charge in [-0.3, -0.25) is 14.8 Å². The summed E-state index contributed by atoms with van der Waals surface area (Å²) in [5.41, 5.74) is 1.36. The Morgan fingerprint density at radius 1 is 1.12 bits per heavy atom. The van der Waals surface area contributed by atoms with Gasteiger partial charge in [0.25, 0.3) is 5.91 Å². The highest BCUT2D eigenvalue weighted by molar-refractivity contribution is 5.88. The van der Waals surface area contributed by atoms with Gasteiger partial charge in [0.05, 0.1) is 5.92 Å². The molecule has 0 radical (unpaired) electrons. The molecule has 0 fully saturated rings. The Hall–Kier alpha value is -1.14. The molecule has 2 amide bonds. The van der Waals surface area contributed by atoms with Crippen LogP contribution in [0.25, 0.3) is 0 Å². The smallest absolute Gasteiger partial charge is 0.272 e. The summed E-state index contributed by atoms with van der Waals surface area (Å²) in [5.74, 6) is -2.05. The fraction of sp³-hybridized carbons (Fsp3) is 0.818. The lowest BCUT2D eigenvalue weighted by Gasteiger charge is -2.23. The maximum Gasteiger partial charge on any atom is 0.272 e. The Morgan fingerprint density at radius 2 is 1.65 bits per heavy atom. The van der Waals surface area contributed by atoms with Crippen molar-refractivity contribution in [2.24, 2.45) is 11.8 Å². The maximum absolute atomic E-state index is 11.8. The lowest BCUT2D eigenvalue weighted by Crippen LogP contribution is -2.47. The number of amides is 2. The molecule has 0 aromatic heterocycles. The fourth-order valence-electron chi connectivity index (χ4n) is 1.53. The molecule has 0 unspecified atom stereocenters. The molecule has 0 rings (SSSR count). The lowest BCUT2D eigenvalue weighted by molar-refractivity contribution is -0.146. The van der Waals surface area contributed by atoms with Gasteiger partial charge in [-0.15, -0.1) is 0 Å². The summed E-state index contributed by atoms with van der Waals surface area (Å²) in [6.07, 6.45) is -1.17. The number of hydrogen-bond donors (Lipinski definition) is 4. The van der Waals surface area contributed by atoms with Gasteiger partial charge in [0.2, 0.25) is 5.91 Å². The van der Waals surface area contributed by atoms with E-state index in [-0.39, 0.29) is 17.9 Å². The molecular formula is C11H22N2O4. The average Bonchev–Trinajstić information content (AvgIpc) is 2.22. The van der Waals surface area contributed by atoms with E-state index in [2.05, 4.69) is 5.32 Å². The fourth-order valence-corrected chi connectivity index (χ4v) is 1.53. The van der Waals surface area contributed by atoms with E-state index in [1.807, 2.05) is 13.8 Å². The van der Waals surface area contributed by atoms with Crippen LogP contribution in [0.2, 0.25) is 0 Å². The van der Waals surface area contributed by atoms with Crippen LogP contribution in [0, 0.1) is 11.8 Å². The summed E-state index contributed by atoms with van der Waals surface area (Å²) >= 11 is 0. The number of aliphatic hydroxyl groups is 1. The molecule has 0 heterocycles. The Labute approximate surface area is 101 Å². The summed E-state index contributed by atoms with van der Waals surface area (Å²) in [6, 6.07) is -0.0680. The van der Waals surface area contributed by atoms with Crippen molar-refractivity contribution in [2.75, 3.05) is 0 Å². The Balaban J connectivity index is 4.74. The zero-order chi connectivity index (χ0) is 13.6. The number of aliphatic hydroxyl groups excluding tert-OH is 1. The minimum Gasteiger partial charge on any atom is -0.382 e. The van der Waals surface area contributed by atoms with Crippen LogP contribution >= 0.6 is 0 Å². The molecule has 6 nitrogen and oxygen atoms in total. The van der Waals surface area contributed by atoms with Crippen LogP contribution in [0.3, 0.4) is 0 Å². The first kappa shape index (κ1) is 15.9. The average molecular weight is 246 g/mol. The minimum absolute atomic E-state index is 0.0680. The SMILES string of the molecule is CC(C)C[C@@H](C(=O)NC(C)C)[C@H](O)C(=O)NO. The Kier molecular flexibility index (Phi) is 6.75. The first-order valence-corrected chi connectivity index (χ1v) is 5.72. The number of carbonyl (C=O) groups is 2. The molecule has 0 aliphatic heterocycles. The predicted octanol–water partition coefficient (Wildman–Crippen LogP) is 0.0396. The third-order valence-corrected chi connectivity index (χ3v) is 2.25. The van der Waals surface area contributed by atoms with Crippen LogP contribution in [0.1, 0.15) is 34.1 Å². The molecule has 0 saturated carbocycles. The molecule has 6 heteroatoms. The monoisotopic (exact) mass is 246 g/mol. The standard InChI is InChI=1S/C11H22N2O4/c1-6(2)5-8(9(14)11(16)13-17)10(15)12-7(3)4/h6-9,14,17H,5H2,1-4H3,(H,12,15)(H,13,16)/t8-,9+/m1/s1. The van der Waals surface area contributed by atoms with E-state index >= 15 is 0 Å². The van der Waals surface area contributed by atoms with E-state index < -0.39 is 17.9 Å². The molecule has 0 bridgehead atoms. The van der Waals surface area contributed by atoms with Gasteiger partial charge in [0.15, 0.2) is 0 Å². The predicted molar refractivity (Wildman–Crippen MR) is 62.2 cm³/mol. The highest BCUT2D eigenvalue weighted by Crippen LogP contribution is 2.16. The van der Waals surface area contributed by atoms with Crippen molar-refractivity contribution in [1.82, 2.24) is 10.8 Å². The van der Waals surface area contributed by atoms with Gasteiger partial charge in [0, 0.05) is 6.04 Å². The topological polar surface area (TPSA) is 98.7 Å². The summed E-state index contributed by atoms with van der Waals surface area (Å²) in [6.45, 7) is 7.37. The van der Waals surface area contributed by atoms with Gasteiger partial charge in [-0.1, -0.05) is 13.8 Å². The van der Waals surface area contributed by atoms with Crippen molar-refractivity contribution in [2.45, 2.75) is 46.3 Å². The van der Waals surface area contributed by atoms with E-state index in [0.717, 1.165) is 0 Å². The van der Waals surface area contributed by atoms with Crippen LogP contribution in [-0.4, -0.2) is 34.3 Å². The Morgan fingerprint density at radius 3 is 2.00 bits per heavy atom. The normalized spacial score (nSPS) is 14.6. The van der Waals surface area contributed by atoms with Crippen molar-refractivity contribution in [3.8, 4) is 0 Å². The van der Waals surface area contributed by atoms with Crippen LogP contribution in [-0.2, 0) is 9.59 Å². The van der Waals surface area contributed by atoms with Crippen molar-refractivity contribution in [1.29, 1.82) is 0 Å². The second-order valence-corrected chi connectivity index (χ2v) is 4.82. The van der Waals surface area contributed by atoms with Crippen molar-refractivity contribution >= 4 is 11.8 Å². The summed E-state index contributed by atoms with van der Waals surface area (Å²) in [5, 5.41) is 20.8. The molecule has 2 atom stereocenters. The Bertz CT molecular complexity index is 266. The van der Waals surface area contributed by atoms with E-state index in [4.69, 9.17) is 5.21 Å². The van der Waals surface area contributed by atoms with Gasteiger partial charge in [0.1, 0.15) is 6.10 Å². The van der Waals surface area contributed by atoms with Crippen molar-refractivity contribution in [3.05, 3.63) is 0 Å². The van der Waals surface area contributed by atoms with E-state index in [0.29, 0.717) is 6.42 Å². The van der Waals surface area contributed by atoms with E-state index in [1.54, 1.807) is 13.8 Å². The van der Waals surface area contributed by atoms with E-state index in [1.165, 1.54) is 5.48 Å². The highest BCUT2D eigenvalue weighted by atomic mass is 16.5. The van der Waals surface area contributed by atoms with Gasteiger partial charge in [-0.05, 0) is 26.2 Å². The van der Waals surface area contributed by atoms with Crippen molar-refractivity contribution < 1.29 is 19.9 Å². The zero-order valence-corrected chi connectivity index (χ0v) is 10.7. The summed E-state index contributed by atoms with van der Waals surface area (Å²) < 4.78 is 0. The zero-order valence-electron chi connectivity index (χ0n) is 10.7. The molecule has 4 N–H and O–H groups in total. The van der Waals surface area contributed by atoms with E-state index in [9.17, 15) is 14.7 Å². The highest BCUT2D eigenvalue weighted by Gasteiger charge is 2.32. The molecule has 0 aromatic carbocycles. The minimum atomic E-state index is -1.54. The van der Waals surface area contributed by atoms with Crippen LogP contribution in [0.4, 0.5) is 0 Å². The number of carbonyl (C=O) groups excluding carboxylic acids is 2. The van der Waals surface area contributed by atoms with Crippen molar-refractivity contribution in [3.63, 3.8) is 0 Å². The molecule has 17 heavy (non-hydrogen) atoms. The first-order chi connectivity index (χ1) is 7.79. The third kappa shape index (κ3) is 5.65. The van der Waals surface area contributed by atoms with Crippen LogP contribution in [0.15, 0.2) is 0 Å². The second-order valence-electron chi connectivity index (χ2n) is 4.82. The van der Waals surface area contributed by atoms with Gasteiger partial charge < -0.3 is 10.4 Å². The molecule has 0 saturated heterocycles. The molecule has 0 aliphatic rings. The van der Waals surface area contributed by atoms with Gasteiger partial charge in [-0.2, -0.15) is 0 Å². The largest absolute Gasteiger partial charge is 0.382 e. The molecule has 100 valence electrons. The van der Waals surface area contributed by atoms with Crippen LogP contribution in [0.5, 0.6) is 0 Å². The quantitative estimate of drug-likeness (QED) is 0.393. The van der Waals surface area contributed by atoms with Gasteiger partial charge in [-0.25, -0.2) is 5.48 Å². The molecular weight excluding hydrogens is 224 g/mol. The van der Waals surface area contributed by atoms with Gasteiger partial charge >= 0.3 is 0 Å². The molecule has 0 aromatic rings. The third-order valence-electron chi connectivity index (χ3n) is 2.25. The van der Waals surface area contributed by atoms with Crippen LogP contribution < -0.4 is 10.8 Å². The summed E-state index contributed by atoms with van der Waals surface area (Å²) in [4.78, 5) is 23.0. The molecule has 0 spiro atoms. The summed E-state index contributed by atoms with van der Waals surface area (Å²) in [7, 11) is 0.